The molecule has 0 radical (unpaired) electrons. The molecular formula is C14H21NO2. The third-order valence-corrected chi connectivity index (χ3v) is 3.56. The van der Waals surface area contributed by atoms with Crippen LogP contribution in [0.5, 0.6) is 5.75 Å². The zero-order valence-electron chi connectivity index (χ0n) is 10.4. The minimum Gasteiger partial charge on any atom is -0.493 e. The number of rotatable bonds is 5. The van der Waals surface area contributed by atoms with Crippen molar-refractivity contribution in [3.05, 3.63) is 29.8 Å². The maximum atomic E-state index is 5.96. The van der Waals surface area contributed by atoms with E-state index in [-0.39, 0.29) is 5.41 Å². The fraction of sp³-hybridized carbons (Fsp3) is 0.571. The highest BCUT2D eigenvalue weighted by Gasteiger charge is 2.34. The van der Waals surface area contributed by atoms with Crippen molar-refractivity contribution >= 4 is 0 Å². The molecule has 1 aliphatic heterocycles. The van der Waals surface area contributed by atoms with E-state index in [0.717, 1.165) is 38.2 Å². The summed E-state index contributed by atoms with van der Waals surface area (Å²) in [7, 11) is 1.74. The molecular weight excluding hydrogens is 214 g/mol. The normalized spacial score (nSPS) is 22.9. The number of para-hydroxylation sites is 1. The van der Waals surface area contributed by atoms with Crippen molar-refractivity contribution in [2.75, 3.05) is 26.9 Å². The molecule has 17 heavy (non-hydrogen) atoms. The minimum absolute atomic E-state index is 0.0902. The second-order valence-electron chi connectivity index (χ2n) is 4.87. The molecule has 2 rings (SSSR count). The van der Waals surface area contributed by atoms with E-state index < -0.39 is 0 Å². The summed E-state index contributed by atoms with van der Waals surface area (Å²) < 4.78 is 11.0. The summed E-state index contributed by atoms with van der Waals surface area (Å²) in [5.41, 5.74) is 7.33. The average Bonchev–Trinajstić information content (AvgIpc) is 2.39. The summed E-state index contributed by atoms with van der Waals surface area (Å²) in [6.45, 7) is 2.19. The smallest absolute Gasteiger partial charge is 0.122 e. The topological polar surface area (TPSA) is 44.5 Å². The van der Waals surface area contributed by atoms with Crippen molar-refractivity contribution in [1.82, 2.24) is 0 Å². The van der Waals surface area contributed by atoms with E-state index in [9.17, 15) is 0 Å². The maximum Gasteiger partial charge on any atom is 0.122 e. The zero-order valence-corrected chi connectivity index (χ0v) is 10.4. The van der Waals surface area contributed by atoms with Crippen LogP contribution in [0.1, 0.15) is 18.4 Å². The van der Waals surface area contributed by atoms with Crippen LogP contribution in [0.3, 0.4) is 0 Å². The lowest BCUT2D eigenvalue weighted by molar-refractivity contribution is 0.0998. The lowest BCUT2D eigenvalue weighted by Gasteiger charge is -2.37. The van der Waals surface area contributed by atoms with E-state index in [4.69, 9.17) is 15.2 Å². The first-order valence-corrected chi connectivity index (χ1v) is 6.19. The Morgan fingerprint density at radius 3 is 3.00 bits per heavy atom. The molecule has 1 aromatic carbocycles. The Balaban J connectivity index is 2.06. The molecule has 1 heterocycles. The highest BCUT2D eigenvalue weighted by Crippen LogP contribution is 2.36. The van der Waals surface area contributed by atoms with Crippen LogP contribution in [0.4, 0.5) is 0 Å². The highest BCUT2D eigenvalue weighted by molar-refractivity contribution is 5.36. The van der Waals surface area contributed by atoms with Gasteiger partial charge in [0.15, 0.2) is 0 Å². The lowest BCUT2D eigenvalue weighted by Crippen LogP contribution is -2.41. The van der Waals surface area contributed by atoms with Gasteiger partial charge < -0.3 is 15.2 Å². The van der Waals surface area contributed by atoms with E-state index >= 15 is 0 Å². The van der Waals surface area contributed by atoms with Crippen LogP contribution < -0.4 is 10.5 Å². The van der Waals surface area contributed by atoms with Gasteiger partial charge in [-0.2, -0.15) is 0 Å². The van der Waals surface area contributed by atoms with Gasteiger partial charge in [0.25, 0.3) is 0 Å². The summed E-state index contributed by atoms with van der Waals surface area (Å²) >= 11 is 0. The molecule has 94 valence electrons. The van der Waals surface area contributed by atoms with Gasteiger partial charge in [-0.15, -0.1) is 0 Å². The number of fused-ring (bicyclic) bond motifs is 1. The van der Waals surface area contributed by atoms with Crippen LogP contribution in [0.15, 0.2) is 24.3 Å². The van der Waals surface area contributed by atoms with E-state index in [1.54, 1.807) is 7.11 Å². The number of hydrogen-bond acceptors (Lipinski definition) is 3. The summed E-state index contributed by atoms with van der Waals surface area (Å²) in [6, 6.07) is 8.24. The van der Waals surface area contributed by atoms with Crippen molar-refractivity contribution in [3.8, 4) is 5.75 Å². The lowest BCUT2D eigenvalue weighted by atomic mass is 9.77. The minimum atomic E-state index is 0.0902. The van der Waals surface area contributed by atoms with Crippen LogP contribution >= 0.6 is 0 Å². The largest absolute Gasteiger partial charge is 0.493 e. The van der Waals surface area contributed by atoms with Crippen molar-refractivity contribution in [1.29, 1.82) is 0 Å². The Bertz CT molecular complexity index is 367. The Labute approximate surface area is 103 Å². The van der Waals surface area contributed by atoms with Crippen LogP contribution in [0.25, 0.3) is 0 Å². The predicted octanol–water partition coefficient (Wildman–Crippen LogP) is 1.99. The Morgan fingerprint density at radius 2 is 2.24 bits per heavy atom. The Kier molecular flexibility index (Phi) is 4.02. The average molecular weight is 235 g/mol. The van der Waals surface area contributed by atoms with Gasteiger partial charge in [-0.25, -0.2) is 0 Å². The number of ether oxygens (including phenoxy) is 2. The fourth-order valence-corrected chi connectivity index (χ4v) is 2.46. The molecule has 0 saturated carbocycles. The number of methoxy groups -OCH3 is 1. The summed E-state index contributed by atoms with van der Waals surface area (Å²) in [5, 5.41) is 0. The van der Waals surface area contributed by atoms with Crippen LogP contribution in [0.2, 0.25) is 0 Å². The summed E-state index contributed by atoms with van der Waals surface area (Å²) in [6.07, 6.45) is 3.12. The van der Waals surface area contributed by atoms with Crippen LogP contribution in [-0.2, 0) is 11.2 Å². The molecule has 0 aliphatic carbocycles. The predicted molar refractivity (Wildman–Crippen MR) is 68.2 cm³/mol. The van der Waals surface area contributed by atoms with E-state index in [1.807, 2.05) is 12.1 Å². The monoisotopic (exact) mass is 235 g/mol. The standard InChI is InChI=1S/C14H21NO2/c1-16-8-4-7-14(10-15)9-12-5-2-3-6-13(12)17-11-14/h2-3,5-6H,4,7-11,15H2,1H3. The van der Waals surface area contributed by atoms with E-state index in [1.165, 1.54) is 5.56 Å². The second kappa shape index (κ2) is 5.52. The van der Waals surface area contributed by atoms with Gasteiger partial charge in [-0.1, -0.05) is 18.2 Å². The first-order chi connectivity index (χ1) is 8.29. The third kappa shape index (κ3) is 2.79. The molecule has 0 spiro atoms. The molecule has 2 N–H and O–H groups in total. The maximum absolute atomic E-state index is 5.96. The van der Waals surface area contributed by atoms with Crippen molar-refractivity contribution in [2.45, 2.75) is 19.3 Å². The molecule has 1 unspecified atom stereocenters. The van der Waals surface area contributed by atoms with Crippen molar-refractivity contribution < 1.29 is 9.47 Å². The molecule has 0 saturated heterocycles. The van der Waals surface area contributed by atoms with E-state index in [2.05, 4.69) is 12.1 Å². The first kappa shape index (κ1) is 12.4. The van der Waals surface area contributed by atoms with Crippen LogP contribution in [-0.4, -0.2) is 26.9 Å². The molecule has 0 aromatic heterocycles. The number of nitrogens with two attached hydrogens (primary N) is 1. The first-order valence-electron chi connectivity index (χ1n) is 6.19. The molecule has 0 fully saturated rings. The second-order valence-corrected chi connectivity index (χ2v) is 4.87. The molecule has 1 aromatic rings. The SMILES string of the molecule is COCCCC1(CN)COc2ccccc2C1. The van der Waals surface area contributed by atoms with Gasteiger partial charge >= 0.3 is 0 Å². The Hall–Kier alpha value is -1.06. The molecule has 1 atom stereocenters. The molecule has 3 heteroatoms. The van der Waals surface area contributed by atoms with Crippen molar-refractivity contribution in [3.63, 3.8) is 0 Å². The highest BCUT2D eigenvalue weighted by atomic mass is 16.5. The van der Waals surface area contributed by atoms with Gasteiger partial charge in [0, 0.05) is 25.7 Å². The molecule has 0 bridgehead atoms. The van der Waals surface area contributed by atoms with Crippen LogP contribution in [0, 0.1) is 5.41 Å². The number of benzene rings is 1. The van der Waals surface area contributed by atoms with E-state index in [0.29, 0.717) is 6.54 Å². The molecule has 0 amide bonds. The molecule has 1 aliphatic rings. The Morgan fingerprint density at radius 1 is 1.41 bits per heavy atom. The van der Waals surface area contributed by atoms with Gasteiger partial charge in [0.1, 0.15) is 5.75 Å². The molecule has 3 nitrogen and oxygen atoms in total. The number of hydrogen-bond donors (Lipinski definition) is 1. The zero-order chi connectivity index (χ0) is 12.1. The van der Waals surface area contributed by atoms with Crippen molar-refractivity contribution in [2.24, 2.45) is 11.1 Å². The summed E-state index contributed by atoms with van der Waals surface area (Å²) in [5.74, 6) is 1.02. The van der Waals surface area contributed by atoms with Gasteiger partial charge in [0.05, 0.1) is 6.61 Å². The quantitative estimate of drug-likeness (QED) is 0.794. The summed E-state index contributed by atoms with van der Waals surface area (Å²) in [4.78, 5) is 0. The third-order valence-electron chi connectivity index (χ3n) is 3.56. The van der Waals surface area contributed by atoms with Gasteiger partial charge in [-0.05, 0) is 30.9 Å². The van der Waals surface area contributed by atoms with Gasteiger partial charge in [0.2, 0.25) is 0 Å². The van der Waals surface area contributed by atoms with Gasteiger partial charge in [-0.3, -0.25) is 0 Å². The fourth-order valence-electron chi connectivity index (χ4n) is 2.46.